The van der Waals surface area contributed by atoms with Crippen molar-refractivity contribution in [3.8, 4) is 0 Å². The van der Waals surface area contributed by atoms with E-state index in [9.17, 15) is 0 Å². The molecule has 0 heterocycles. The van der Waals surface area contributed by atoms with E-state index >= 15 is 0 Å². The van der Waals surface area contributed by atoms with Crippen LogP contribution in [0.1, 0.15) is 6.92 Å². The van der Waals surface area contributed by atoms with Crippen molar-refractivity contribution in [2.24, 2.45) is 5.84 Å². The molecule has 0 aromatic rings. The van der Waals surface area contributed by atoms with Gasteiger partial charge in [0, 0.05) is 6.54 Å². The Morgan fingerprint density at radius 1 is 0.244 bits per heavy atom. The van der Waals surface area contributed by atoms with Crippen molar-refractivity contribution in [2.75, 3.05) is 6.54 Å². The van der Waals surface area contributed by atoms with Crippen LogP contribution in [0.3, 0.4) is 0 Å². The Bertz CT molecular complexity index is 386. The Morgan fingerprint density at radius 3 is 0.537 bits per heavy atom. The molecule has 0 aliphatic heterocycles. The lowest BCUT2D eigenvalue weighted by atomic mass is 10.8. The third-order valence-corrected chi connectivity index (χ3v) is 2.52. The Labute approximate surface area is 230 Å². The minimum atomic E-state index is 0.754. The van der Waals surface area contributed by atoms with E-state index in [0.29, 0.717) is 0 Å². The van der Waals surface area contributed by atoms with Gasteiger partial charge in [0.15, 0.2) is 0 Å². The van der Waals surface area contributed by atoms with Crippen LogP contribution in [-0.4, -0.2) is 6.54 Å². The molecule has 0 radical (unpaired) electrons. The SMILES string of the molecule is CCNNNNNNNNNNNNNNNNNNNNNNNNNNNNNNNNNNNNNNN. The summed E-state index contributed by atoms with van der Waals surface area (Å²) < 4.78 is 0. The zero-order valence-electron chi connectivity index (χ0n) is 21.3. The van der Waals surface area contributed by atoms with Crippen molar-refractivity contribution < 1.29 is 0 Å². The second kappa shape index (κ2) is 38.4. The van der Waals surface area contributed by atoms with Crippen LogP contribution in [0.4, 0.5) is 0 Å². The lowest BCUT2D eigenvalue weighted by molar-refractivity contribution is 0.180. The quantitative estimate of drug-likeness (QED) is 0.0174. The predicted octanol–water partition coefficient (Wildman–Crippen LogP) is -18.9. The van der Waals surface area contributed by atoms with Crippen molar-refractivity contribution in [1.82, 2.24) is 210 Å². The molecule has 0 aromatic heterocycles. The maximum absolute atomic E-state index is 4.93. The second-order valence-corrected chi connectivity index (χ2v) is 5.17. The topological polar surface area (TPSA) is 483 Å². The van der Waals surface area contributed by atoms with Crippen molar-refractivity contribution in [2.45, 2.75) is 6.92 Å². The van der Waals surface area contributed by atoms with E-state index in [4.69, 9.17) is 5.84 Å². The van der Waals surface area contributed by atoms with E-state index in [1.807, 2.05) is 6.92 Å². The van der Waals surface area contributed by atoms with E-state index in [1.54, 1.807) is 0 Å². The maximum Gasteiger partial charge on any atom is 0.00850 e. The molecule has 0 rings (SSSR count). The standard InChI is InChI=1S/C2H45N39/c1-2-4-6-8-10-12-14-16-18-20-22-24-26-28-30-32-34-36-38-40-41-39-37-35-33-31-29-27-25-23-21-19-17-15-13-11-9-7-5-3/h4-41H,2-3H2,1H3. The molecular weight excluding hydrogens is 570 g/mol. The first-order valence-electron chi connectivity index (χ1n) is 10.6. The summed E-state index contributed by atoms with van der Waals surface area (Å²) in [7, 11) is 0. The van der Waals surface area contributed by atoms with Gasteiger partial charge < -0.3 is 0 Å². The highest BCUT2D eigenvalue weighted by Gasteiger charge is 1.86. The molecule has 0 aliphatic carbocycles. The highest BCUT2D eigenvalue weighted by atomic mass is 16.0. The average Bonchev–Trinajstić information content (AvgIpc) is 2.98. The third kappa shape index (κ3) is 38.4. The number of hydrogen-bond donors (Lipinski definition) is 39. The largest absolute Gasteiger partial charge is 0.257 e. The summed E-state index contributed by atoms with van der Waals surface area (Å²) in [5, 5.41) is 0. The Morgan fingerprint density at radius 2 is 0.390 bits per heavy atom. The Hall–Kier alpha value is -1.56. The molecule has 0 bridgehead atoms. The van der Waals surface area contributed by atoms with Gasteiger partial charge in [0.05, 0.1) is 0 Å². The molecule has 0 aromatic carbocycles. The summed E-state index contributed by atoms with van der Waals surface area (Å²) >= 11 is 0. The van der Waals surface area contributed by atoms with Crippen LogP contribution in [-0.2, 0) is 0 Å². The number of nitrogens with two attached hydrogens (primary N) is 1. The molecule has 0 spiro atoms. The van der Waals surface area contributed by atoms with Crippen molar-refractivity contribution in [1.29, 1.82) is 0 Å². The van der Waals surface area contributed by atoms with Gasteiger partial charge in [-0.15, -0.1) is 0 Å². The molecule has 41 heavy (non-hydrogen) atoms. The fourth-order valence-corrected chi connectivity index (χ4v) is 1.23. The smallest absolute Gasteiger partial charge is 0.00850 e. The minimum Gasteiger partial charge on any atom is -0.257 e. The fraction of sp³-hybridized carbons (Fsp3) is 1.00. The number of nitrogens with one attached hydrogen (secondary N) is 38. The predicted molar refractivity (Wildman–Crippen MR) is 134 cm³/mol. The first-order valence-corrected chi connectivity index (χ1v) is 10.6. The van der Waals surface area contributed by atoms with Crippen LogP contribution in [0.25, 0.3) is 0 Å². The van der Waals surface area contributed by atoms with Crippen LogP contribution in [0.15, 0.2) is 0 Å². The summed E-state index contributed by atoms with van der Waals surface area (Å²) in [6, 6.07) is 0. The lowest BCUT2D eigenvalue weighted by Gasteiger charge is -2.16. The summed E-state index contributed by atoms with van der Waals surface area (Å²) in [5.41, 5.74) is 94.9. The highest BCUT2D eigenvalue weighted by Crippen LogP contribution is 1.38. The van der Waals surface area contributed by atoms with Gasteiger partial charge in [-0.1, -0.05) is 6.92 Å². The van der Waals surface area contributed by atoms with E-state index in [-0.39, 0.29) is 0 Å². The summed E-state index contributed by atoms with van der Waals surface area (Å²) in [4.78, 5) is 0. The Kier molecular flexibility index (Phi) is 37.0. The molecular formula is C2H45N39. The third-order valence-electron chi connectivity index (χ3n) is 2.52. The molecule has 39 nitrogen and oxygen atoms in total. The molecule has 0 aliphatic rings. The molecule has 40 N–H and O–H groups in total. The van der Waals surface area contributed by atoms with Gasteiger partial charge in [0.1, 0.15) is 0 Å². The van der Waals surface area contributed by atoms with Gasteiger partial charge in [-0.2, -0.15) is 205 Å². The minimum absolute atomic E-state index is 0.754. The van der Waals surface area contributed by atoms with Crippen molar-refractivity contribution in [3.63, 3.8) is 0 Å². The van der Waals surface area contributed by atoms with Crippen LogP contribution < -0.4 is 216 Å². The van der Waals surface area contributed by atoms with Crippen LogP contribution in [0, 0.1) is 0 Å². The van der Waals surface area contributed by atoms with Gasteiger partial charge >= 0.3 is 0 Å². The highest BCUT2D eigenvalue weighted by molar-refractivity contribution is 4.22. The molecule has 0 unspecified atom stereocenters. The monoisotopic (exact) mass is 615 g/mol. The number of hydrogen-bond acceptors (Lipinski definition) is 39. The molecule has 0 atom stereocenters. The van der Waals surface area contributed by atoms with Gasteiger partial charge in [-0.25, -0.2) is 5.43 Å². The molecule has 39 heteroatoms. The molecule has 0 amide bonds. The normalized spacial score (nSPS) is 11.6. The Balaban J connectivity index is 3.02. The van der Waals surface area contributed by atoms with Gasteiger partial charge in [-0.05, 0) is 0 Å². The van der Waals surface area contributed by atoms with Crippen LogP contribution >= 0.6 is 0 Å². The van der Waals surface area contributed by atoms with Gasteiger partial charge in [-0.3, -0.25) is 5.84 Å². The van der Waals surface area contributed by atoms with E-state index < -0.39 is 0 Å². The zero-order valence-corrected chi connectivity index (χ0v) is 21.3. The van der Waals surface area contributed by atoms with E-state index in [2.05, 4.69) is 210 Å². The van der Waals surface area contributed by atoms with Crippen molar-refractivity contribution >= 4 is 0 Å². The molecule has 0 saturated heterocycles. The van der Waals surface area contributed by atoms with Crippen LogP contribution in [0.5, 0.6) is 0 Å². The maximum atomic E-state index is 4.93. The number of hydrazine groups is 38. The van der Waals surface area contributed by atoms with E-state index in [1.165, 1.54) is 0 Å². The number of rotatable bonds is 38. The van der Waals surface area contributed by atoms with E-state index in [0.717, 1.165) is 6.54 Å². The molecule has 0 saturated carbocycles. The summed E-state index contributed by atoms with van der Waals surface area (Å²) in [6.07, 6.45) is 0. The van der Waals surface area contributed by atoms with Crippen molar-refractivity contribution in [3.05, 3.63) is 0 Å². The second-order valence-electron chi connectivity index (χ2n) is 5.17. The summed E-state index contributed by atoms with van der Waals surface area (Å²) in [5.74, 6) is 4.93. The molecule has 0 fully saturated rings. The first kappa shape index (κ1) is 39.4. The van der Waals surface area contributed by atoms with Crippen LogP contribution in [0.2, 0.25) is 0 Å². The first-order chi connectivity index (χ1) is 20.4. The van der Waals surface area contributed by atoms with Gasteiger partial charge in [0.25, 0.3) is 0 Å². The molecule has 248 valence electrons. The van der Waals surface area contributed by atoms with Gasteiger partial charge in [0.2, 0.25) is 0 Å². The fourth-order valence-electron chi connectivity index (χ4n) is 1.23. The lowest BCUT2D eigenvalue weighted by Crippen LogP contribution is -2.70. The summed E-state index contributed by atoms with van der Waals surface area (Å²) in [6.45, 7) is 2.69. The average molecular weight is 616 g/mol. The zero-order chi connectivity index (χ0) is 29.6.